The number of nitrogens with one attached hydrogen (secondary N) is 1. The Morgan fingerprint density at radius 3 is 2.40 bits per heavy atom. The molecule has 0 saturated heterocycles. The maximum atomic E-state index is 13.6. The number of hydrogen-bond acceptors (Lipinski definition) is 3. The molecule has 0 saturated carbocycles. The Labute approximate surface area is 116 Å². The van der Waals surface area contributed by atoms with E-state index in [0.29, 0.717) is 5.56 Å². The number of benzene rings is 2. The number of nitrogens with zero attached hydrogens (tertiary/aromatic N) is 1. The second-order valence-electron chi connectivity index (χ2n) is 4.22. The molecule has 2 aromatic rings. The summed E-state index contributed by atoms with van der Waals surface area (Å²) in [6.45, 7) is 1.74. The van der Waals surface area contributed by atoms with Crippen molar-refractivity contribution in [3.63, 3.8) is 0 Å². The highest BCUT2D eigenvalue weighted by Crippen LogP contribution is 2.20. The summed E-state index contributed by atoms with van der Waals surface area (Å²) in [5.74, 6) is -0.646. The molecule has 0 radical (unpaired) electrons. The van der Waals surface area contributed by atoms with Gasteiger partial charge in [-0.15, -0.1) is 0 Å². The first-order valence-corrected chi connectivity index (χ1v) is 7.20. The molecule has 0 aliphatic rings. The fraction of sp³-hybridized carbons (Fsp3) is 0.0714. The van der Waals surface area contributed by atoms with Crippen LogP contribution in [0.25, 0.3) is 0 Å². The standard InChI is InChI=1S/C14H11FN2O2S/c1-10-2-7-13(15)14(8-10)17-20(18,19)12-5-3-11(9-16)4-6-12/h2-8,17H,1H3. The second-order valence-corrected chi connectivity index (χ2v) is 5.91. The zero-order valence-corrected chi connectivity index (χ0v) is 11.4. The van der Waals surface area contributed by atoms with Crippen molar-refractivity contribution in [2.75, 3.05) is 4.72 Å². The van der Waals surface area contributed by atoms with Crippen molar-refractivity contribution in [1.82, 2.24) is 0 Å². The summed E-state index contributed by atoms with van der Waals surface area (Å²) in [5, 5.41) is 8.67. The van der Waals surface area contributed by atoms with Crippen LogP contribution >= 0.6 is 0 Å². The van der Waals surface area contributed by atoms with Crippen LogP contribution in [0.3, 0.4) is 0 Å². The molecule has 102 valence electrons. The van der Waals surface area contributed by atoms with Gasteiger partial charge in [0.15, 0.2) is 0 Å². The Morgan fingerprint density at radius 2 is 1.80 bits per heavy atom. The molecule has 0 spiro atoms. The van der Waals surface area contributed by atoms with E-state index in [1.807, 2.05) is 6.07 Å². The van der Waals surface area contributed by atoms with Gasteiger partial charge in [0.05, 0.1) is 22.2 Å². The minimum absolute atomic E-state index is 0.0302. The van der Waals surface area contributed by atoms with E-state index >= 15 is 0 Å². The molecular formula is C14H11FN2O2S. The first-order chi connectivity index (χ1) is 9.42. The van der Waals surface area contributed by atoms with Crippen LogP contribution in [0.15, 0.2) is 47.4 Å². The molecule has 2 aromatic carbocycles. The molecular weight excluding hydrogens is 279 g/mol. The summed E-state index contributed by atoms with van der Waals surface area (Å²) in [7, 11) is -3.88. The average Bonchev–Trinajstić information content (AvgIpc) is 2.43. The molecule has 0 bridgehead atoms. The fourth-order valence-corrected chi connectivity index (χ4v) is 2.69. The summed E-state index contributed by atoms with van der Waals surface area (Å²) >= 11 is 0. The van der Waals surface area contributed by atoms with Crippen LogP contribution in [-0.4, -0.2) is 8.42 Å². The van der Waals surface area contributed by atoms with Crippen molar-refractivity contribution >= 4 is 15.7 Å². The molecule has 0 amide bonds. The van der Waals surface area contributed by atoms with Gasteiger partial charge in [-0.25, -0.2) is 12.8 Å². The van der Waals surface area contributed by atoms with Gasteiger partial charge in [-0.1, -0.05) is 6.07 Å². The molecule has 0 aromatic heterocycles. The lowest BCUT2D eigenvalue weighted by Crippen LogP contribution is -2.14. The van der Waals surface area contributed by atoms with Crippen molar-refractivity contribution in [3.05, 3.63) is 59.4 Å². The predicted octanol–water partition coefficient (Wildman–Crippen LogP) is 2.81. The Kier molecular flexibility index (Phi) is 3.72. The zero-order chi connectivity index (χ0) is 14.8. The lowest BCUT2D eigenvalue weighted by molar-refractivity contribution is 0.598. The van der Waals surface area contributed by atoms with Gasteiger partial charge in [-0.3, -0.25) is 4.72 Å². The van der Waals surface area contributed by atoms with Gasteiger partial charge in [0.1, 0.15) is 5.82 Å². The van der Waals surface area contributed by atoms with Crippen molar-refractivity contribution in [2.24, 2.45) is 0 Å². The number of aryl methyl sites for hydroxylation is 1. The molecule has 0 aliphatic carbocycles. The maximum absolute atomic E-state index is 13.6. The molecule has 6 heteroatoms. The highest BCUT2D eigenvalue weighted by atomic mass is 32.2. The Balaban J connectivity index is 2.35. The lowest BCUT2D eigenvalue weighted by Gasteiger charge is -2.09. The van der Waals surface area contributed by atoms with Crippen molar-refractivity contribution in [3.8, 4) is 6.07 Å². The summed E-state index contributed by atoms with van der Waals surface area (Å²) in [5.41, 5.74) is 0.990. The first-order valence-electron chi connectivity index (χ1n) is 5.71. The lowest BCUT2D eigenvalue weighted by atomic mass is 10.2. The third-order valence-corrected chi connectivity index (χ3v) is 4.04. The van der Waals surface area contributed by atoms with Crippen molar-refractivity contribution in [1.29, 1.82) is 5.26 Å². The van der Waals surface area contributed by atoms with Gasteiger partial charge in [0.25, 0.3) is 10.0 Å². The number of rotatable bonds is 3. The van der Waals surface area contributed by atoms with Gasteiger partial charge >= 0.3 is 0 Å². The molecule has 4 nitrogen and oxygen atoms in total. The number of halogens is 1. The van der Waals surface area contributed by atoms with Gasteiger partial charge in [-0.05, 0) is 48.9 Å². The minimum Gasteiger partial charge on any atom is -0.277 e. The van der Waals surface area contributed by atoms with Crippen LogP contribution in [-0.2, 0) is 10.0 Å². The van der Waals surface area contributed by atoms with E-state index in [4.69, 9.17) is 5.26 Å². The third kappa shape index (κ3) is 2.95. The number of anilines is 1. The van der Waals surface area contributed by atoms with E-state index in [1.54, 1.807) is 13.0 Å². The predicted molar refractivity (Wildman–Crippen MR) is 73.1 cm³/mol. The molecule has 0 aliphatic heterocycles. The summed E-state index contributed by atoms with van der Waals surface area (Å²) < 4.78 is 40.0. The van der Waals surface area contributed by atoms with E-state index < -0.39 is 15.8 Å². The molecule has 1 N–H and O–H groups in total. The number of nitriles is 1. The summed E-state index contributed by atoms with van der Waals surface area (Å²) in [6.07, 6.45) is 0. The van der Waals surface area contributed by atoms with Crippen LogP contribution in [0.4, 0.5) is 10.1 Å². The minimum atomic E-state index is -3.88. The van der Waals surface area contributed by atoms with E-state index in [0.717, 1.165) is 5.56 Å². The van der Waals surface area contributed by atoms with E-state index in [-0.39, 0.29) is 10.6 Å². The number of sulfonamides is 1. The topological polar surface area (TPSA) is 70.0 Å². The maximum Gasteiger partial charge on any atom is 0.261 e. The highest BCUT2D eigenvalue weighted by Gasteiger charge is 2.16. The van der Waals surface area contributed by atoms with Crippen molar-refractivity contribution in [2.45, 2.75) is 11.8 Å². The van der Waals surface area contributed by atoms with Crippen LogP contribution in [0.2, 0.25) is 0 Å². The Bertz CT molecular complexity index is 778. The molecule has 0 atom stereocenters. The third-order valence-electron chi connectivity index (χ3n) is 2.66. The van der Waals surface area contributed by atoms with Crippen LogP contribution in [0, 0.1) is 24.1 Å². The first kappa shape index (κ1) is 14.0. The summed E-state index contributed by atoms with van der Waals surface area (Å²) in [6, 6.07) is 11.4. The average molecular weight is 290 g/mol. The number of hydrogen-bond donors (Lipinski definition) is 1. The molecule has 2 rings (SSSR count). The molecule has 0 unspecified atom stereocenters. The van der Waals surface area contributed by atoms with E-state index in [9.17, 15) is 12.8 Å². The van der Waals surface area contributed by atoms with Gasteiger partial charge in [0, 0.05) is 0 Å². The van der Waals surface area contributed by atoms with Crippen molar-refractivity contribution < 1.29 is 12.8 Å². The Hall–Kier alpha value is -2.39. The zero-order valence-electron chi connectivity index (χ0n) is 10.6. The van der Waals surface area contributed by atoms with E-state index in [2.05, 4.69) is 4.72 Å². The second kappa shape index (κ2) is 5.31. The smallest absolute Gasteiger partial charge is 0.261 e. The van der Waals surface area contributed by atoms with Gasteiger partial charge in [0.2, 0.25) is 0 Å². The normalized spacial score (nSPS) is 10.8. The fourth-order valence-electron chi connectivity index (χ4n) is 1.63. The van der Waals surface area contributed by atoms with Crippen LogP contribution in [0.5, 0.6) is 0 Å². The molecule has 20 heavy (non-hydrogen) atoms. The van der Waals surface area contributed by atoms with E-state index in [1.165, 1.54) is 36.4 Å². The Morgan fingerprint density at radius 1 is 1.15 bits per heavy atom. The molecule has 0 heterocycles. The SMILES string of the molecule is Cc1ccc(F)c(NS(=O)(=O)c2ccc(C#N)cc2)c1. The molecule has 0 fully saturated rings. The van der Waals surface area contributed by atoms with Crippen LogP contribution < -0.4 is 4.72 Å². The van der Waals surface area contributed by atoms with Gasteiger partial charge < -0.3 is 0 Å². The monoisotopic (exact) mass is 290 g/mol. The van der Waals surface area contributed by atoms with Gasteiger partial charge in [-0.2, -0.15) is 5.26 Å². The largest absolute Gasteiger partial charge is 0.277 e. The summed E-state index contributed by atoms with van der Waals surface area (Å²) in [4.78, 5) is -0.0302. The van der Waals surface area contributed by atoms with Crippen LogP contribution in [0.1, 0.15) is 11.1 Å². The quantitative estimate of drug-likeness (QED) is 0.945. The highest BCUT2D eigenvalue weighted by molar-refractivity contribution is 7.92.